The SMILES string of the molecule is CN1CCC(Cc2ccc3ncc(-c4cnc(Nc5ncc(F)cc5F)nc4)n3n2)CC1. The molecule has 1 aliphatic heterocycles. The molecule has 1 saturated heterocycles. The summed E-state index contributed by atoms with van der Waals surface area (Å²) in [6.45, 7) is 2.25. The number of nitrogens with zero attached hydrogens (tertiary/aromatic N) is 7. The lowest BCUT2D eigenvalue weighted by Gasteiger charge is -2.28. The van der Waals surface area contributed by atoms with E-state index in [-0.39, 0.29) is 11.8 Å². The second-order valence-corrected chi connectivity index (χ2v) is 8.09. The van der Waals surface area contributed by atoms with Gasteiger partial charge in [0.15, 0.2) is 17.3 Å². The van der Waals surface area contributed by atoms with Crippen LogP contribution in [0.3, 0.4) is 0 Å². The highest BCUT2D eigenvalue weighted by atomic mass is 19.1. The minimum atomic E-state index is -0.819. The van der Waals surface area contributed by atoms with Crippen molar-refractivity contribution < 1.29 is 8.78 Å². The number of piperidine rings is 1. The number of anilines is 2. The summed E-state index contributed by atoms with van der Waals surface area (Å²) in [6.07, 6.45) is 9.16. The third-order valence-corrected chi connectivity index (χ3v) is 5.74. The van der Waals surface area contributed by atoms with Crippen LogP contribution >= 0.6 is 0 Å². The van der Waals surface area contributed by atoms with E-state index in [9.17, 15) is 8.78 Å². The third kappa shape index (κ3) is 4.26. The molecular weight excluding hydrogens is 414 g/mol. The van der Waals surface area contributed by atoms with Crippen molar-refractivity contribution in [3.8, 4) is 11.3 Å². The van der Waals surface area contributed by atoms with E-state index < -0.39 is 11.6 Å². The summed E-state index contributed by atoms with van der Waals surface area (Å²) in [6, 6.07) is 4.76. The number of hydrogen-bond acceptors (Lipinski definition) is 7. The van der Waals surface area contributed by atoms with Crippen molar-refractivity contribution in [2.75, 3.05) is 25.5 Å². The number of halogens is 2. The van der Waals surface area contributed by atoms with Gasteiger partial charge in [0.25, 0.3) is 0 Å². The molecule has 164 valence electrons. The van der Waals surface area contributed by atoms with Gasteiger partial charge in [0, 0.05) is 24.0 Å². The topological polar surface area (TPSA) is 84.1 Å². The molecule has 1 fully saturated rings. The number of likely N-dealkylation sites (tertiary alicyclic amines) is 1. The molecule has 0 radical (unpaired) electrons. The highest BCUT2D eigenvalue weighted by molar-refractivity contribution is 5.62. The van der Waals surface area contributed by atoms with E-state index in [1.807, 2.05) is 12.1 Å². The number of rotatable bonds is 5. The zero-order valence-corrected chi connectivity index (χ0v) is 17.5. The predicted molar refractivity (Wildman–Crippen MR) is 115 cm³/mol. The molecule has 0 atom stereocenters. The lowest BCUT2D eigenvalue weighted by Crippen LogP contribution is -2.31. The summed E-state index contributed by atoms with van der Waals surface area (Å²) in [5.41, 5.74) is 3.26. The molecule has 0 unspecified atom stereocenters. The first-order chi connectivity index (χ1) is 15.5. The predicted octanol–water partition coefficient (Wildman–Crippen LogP) is 3.49. The standard InChI is InChI=1S/C22H22F2N8/c1-31-6-4-14(5-7-31)8-17-2-3-20-25-13-19(32(20)30-17)15-10-27-22(28-11-15)29-21-18(24)9-16(23)12-26-21/h2-3,9-14H,4-8H2,1H3,(H,26,27,28,29). The molecule has 1 N–H and O–H groups in total. The summed E-state index contributed by atoms with van der Waals surface area (Å²) in [7, 11) is 2.16. The molecule has 10 heteroatoms. The Morgan fingerprint density at radius 1 is 1.00 bits per heavy atom. The van der Waals surface area contributed by atoms with Crippen molar-refractivity contribution in [2.45, 2.75) is 19.3 Å². The maximum atomic E-state index is 13.8. The molecule has 0 saturated carbocycles. The van der Waals surface area contributed by atoms with Gasteiger partial charge in [0.05, 0.1) is 23.8 Å². The molecular formula is C22H22F2N8. The van der Waals surface area contributed by atoms with Crippen molar-refractivity contribution in [1.82, 2.24) is 34.4 Å². The summed E-state index contributed by atoms with van der Waals surface area (Å²) in [5, 5.41) is 7.46. The molecule has 4 aromatic rings. The quantitative estimate of drug-likeness (QED) is 0.513. The fourth-order valence-electron chi connectivity index (χ4n) is 3.92. The number of fused-ring (bicyclic) bond motifs is 1. The Hall–Kier alpha value is -3.53. The van der Waals surface area contributed by atoms with Crippen molar-refractivity contribution >= 4 is 17.4 Å². The highest BCUT2D eigenvalue weighted by Crippen LogP contribution is 2.23. The van der Waals surface area contributed by atoms with E-state index in [1.54, 1.807) is 23.1 Å². The second-order valence-electron chi connectivity index (χ2n) is 8.09. The first-order valence-corrected chi connectivity index (χ1v) is 10.5. The Morgan fingerprint density at radius 3 is 2.53 bits per heavy atom. The maximum absolute atomic E-state index is 13.8. The van der Waals surface area contributed by atoms with Crippen LogP contribution in [0.15, 0.2) is 43.0 Å². The Morgan fingerprint density at radius 2 is 1.78 bits per heavy atom. The van der Waals surface area contributed by atoms with Crippen LogP contribution in [0.25, 0.3) is 16.9 Å². The van der Waals surface area contributed by atoms with Gasteiger partial charge in [-0.25, -0.2) is 33.2 Å². The number of imidazole rings is 1. The van der Waals surface area contributed by atoms with Gasteiger partial charge in [0.2, 0.25) is 5.95 Å². The average molecular weight is 436 g/mol. The van der Waals surface area contributed by atoms with Gasteiger partial charge >= 0.3 is 0 Å². The monoisotopic (exact) mass is 436 g/mol. The van der Waals surface area contributed by atoms with E-state index in [2.05, 4.69) is 37.2 Å². The fourth-order valence-corrected chi connectivity index (χ4v) is 3.92. The molecule has 4 aromatic heterocycles. The molecule has 8 nitrogen and oxygen atoms in total. The van der Waals surface area contributed by atoms with Gasteiger partial charge < -0.3 is 10.2 Å². The van der Waals surface area contributed by atoms with Gasteiger partial charge in [-0.3, -0.25) is 0 Å². The minimum absolute atomic E-state index is 0.144. The van der Waals surface area contributed by atoms with Crippen LogP contribution in [-0.4, -0.2) is 54.6 Å². The number of hydrogen-bond donors (Lipinski definition) is 1. The Kier molecular flexibility index (Phi) is 5.44. The van der Waals surface area contributed by atoms with Gasteiger partial charge in [-0.15, -0.1) is 0 Å². The Bertz CT molecular complexity index is 1230. The summed E-state index contributed by atoms with van der Waals surface area (Å²) in [4.78, 5) is 18.9. The first kappa shape index (κ1) is 20.4. The number of nitrogens with one attached hydrogen (secondary N) is 1. The zero-order valence-electron chi connectivity index (χ0n) is 17.5. The summed E-state index contributed by atoms with van der Waals surface area (Å²) in [5.74, 6) is -0.927. The third-order valence-electron chi connectivity index (χ3n) is 5.74. The van der Waals surface area contributed by atoms with Crippen LogP contribution in [0, 0.1) is 17.6 Å². The Labute approximate surface area is 183 Å². The lowest BCUT2D eigenvalue weighted by molar-refractivity contribution is 0.218. The van der Waals surface area contributed by atoms with Crippen molar-refractivity contribution in [3.63, 3.8) is 0 Å². The molecule has 32 heavy (non-hydrogen) atoms. The molecule has 0 amide bonds. The van der Waals surface area contributed by atoms with Crippen LogP contribution in [-0.2, 0) is 6.42 Å². The van der Waals surface area contributed by atoms with Gasteiger partial charge in [-0.05, 0) is 57.5 Å². The van der Waals surface area contributed by atoms with E-state index in [0.29, 0.717) is 5.92 Å². The van der Waals surface area contributed by atoms with E-state index in [0.717, 1.165) is 54.4 Å². The zero-order chi connectivity index (χ0) is 22.1. The normalized spacial score (nSPS) is 15.3. The molecule has 0 aliphatic carbocycles. The Balaban J connectivity index is 1.35. The van der Waals surface area contributed by atoms with Crippen LogP contribution in [0.4, 0.5) is 20.5 Å². The first-order valence-electron chi connectivity index (χ1n) is 10.5. The molecule has 0 bridgehead atoms. The van der Waals surface area contributed by atoms with Gasteiger partial charge in [-0.1, -0.05) is 0 Å². The smallest absolute Gasteiger partial charge is 0.228 e. The van der Waals surface area contributed by atoms with E-state index in [4.69, 9.17) is 5.10 Å². The van der Waals surface area contributed by atoms with Crippen LogP contribution < -0.4 is 5.32 Å². The number of aromatic nitrogens is 6. The largest absolute Gasteiger partial charge is 0.306 e. The van der Waals surface area contributed by atoms with Crippen LogP contribution in [0.2, 0.25) is 0 Å². The second kappa shape index (κ2) is 8.54. The van der Waals surface area contributed by atoms with Crippen molar-refractivity contribution in [2.24, 2.45) is 5.92 Å². The maximum Gasteiger partial charge on any atom is 0.228 e. The van der Waals surface area contributed by atoms with E-state index in [1.165, 1.54) is 12.8 Å². The molecule has 5 heterocycles. The van der Waals surface area contributed by atoms with Crippen molar-refractivity contribution in [3.05, 3.63) is 60.3 Å². The highest BCUT2D eigenvalue weighted by Gasteiger charge is 2.18. The minimum Gasteiger partial charge on any atom is -0.306 e. The molecule has 1 aliphatic rings. The van der Waals surface area contributed by atoms with Crippen LogP contribution in [0.1, 0.15) is 18.5 Å². The summed E-state index contributed by atoms with van der Waals surface area (Å²) < 4.78 is 28.6. The summed E-state index contributed by atoms with van der Waals surface area (Å²) >= 11 is 0. The lowest BCUT2D eigenvalue weighted by atomic mass is 9.92. The van der Waals surface area contributed by atoms with E-state index >= 15 is 0 Å². The molecule has 5 rings (SSSR count). The fraction of sp³-hybridized carbons (Fsp3) is 0.318. The average Bonchev–Trinajstić information content (AvgIpc) is 3.21. The van der Waals surface area contributed by atoms with Gasteiger partial charge in [-0.2, -0.15) is 5.10 Å². The van der Waals surface area contributed by atoms with Crippen LogP contribution in [0.5, 0.6) is 0 Å². The molecule has 0 aromatic carbocycles. The molecule has 0 spiro atoms. The number of pyridine rings is 1. The van der Waals surface area contributed by atoms with Gasteiger partial charge in [0.1, 0.15) is 5.82 Å². The van der Waals surface area contributed by atoms with Crippen molar-refractivity contribution in [1.29, 1.82) is 0 Å².